The van der Waals surface area contributed by atoms with E-state index in [9.17, 15) is 4.79 Å². The number of carbonyl (C=O) groups excluding carboxylic acids is 1. The number of hydrogen-bond acceptors (Lipinski definition) is 2. The summed E-state index contributed by atoms with van der Waals surface area (Å²) in [6.07, 6.45) is 12.3. The lowest BCUT2D eigenvalue weighted by molar-refractivity contribution is -0.128. The van der Waals surface area contributed by atoms with Gasteiger partial charge < -0.3 is 11.1 Å². The van der Waals surface area contributed by atoms with Crippen LogP contribution in [0, 0.1) is 23.2 Å². The topological polar surface area (TPSA) is 55.1 Å². The molecular formula is C18H32N2O. The van der Waals surface area contributed by atoms with E-state index >= 15 is 0 Å². The number of rotatable bonds is 5. The molecule has 0 aliphatic heterocycles. The summed E-state index contributed by atoms with van der Waals surface area (Å²) < 4.78 is 0. The van der Waals surface area contributed by atoms with Crippen LogP contribution in [0.5, 0.6) is 0 Å². The average Bonchev–Trinajstić information content (AvgIpc) is 2.41. The summed E-state index contributed by atoms with van der Waals surface area (Å²) in [6.45, 7) is 3.17. The standard InChI is InChI=1S/C18H32N2O/c1-2-7-18(8-4-9-18)12-20-17(21)15-10-13-5-3-6-14(11-15)16(13)19/h13-16H,2-12,19H2,1H3,(H,20,21). The fourth-order valence-electron chi connectivity index (χ4n) is 5.14. The molecule has 2 unspecified atom stereocenters. The summed E-state index contributed by atoms with van der Waals surface area (Å²) in [5, 5.41) is 3.30. The maximum atomic E-state index is 12.6. The van der Waals surface area contributed by atoms with Gasteiger partial charge in [-0.3, -0.25) is 4.79 Å². The molecule has 21 heavy (non-hydrogen) atoms. The SMILES string of the molecule is CCCC1(CNC(=O)C2CC3CCCC(C2)C3N)CCC1. The summed E-state index contributed by atoms with van der Waals surface area (Å²) in [4.78, 5) is 12.6. The molecule has 120 valence electrons. The first-order valence-electron chi connectivity index (χ1n) is 9.17. The molecule has 3 N–H and O–H groups in total. The van der Waals surface area contributed by atoms with Gasteiger partial charge in [-0.2, -0.15) is 0 Å². The van der Waals surface area contributed by atoms with Crippen LogP contribution < -0.4 is 11.1 Å². The molecule has 2 atom stereocenters. The Bertz CT molecular complexity index is 363. The van der Waals surface area contributed by atoms with Crippen LogP contribution in [0.4, 0.5) is 0 Å². The lowest BCUT2D eigenvalue weighted by Gasteiger charge is -2.45. The summed E-state index contributed by atoms with van der Waals surface area (Å²) >= 11 is 0. The number of hydrogen-bond donors (Lipinski definition) is 2. The summed E-state index contributed by atoms with van der Waals surface area (Å²) in [7, 11) is 0. The van der Waals surface area contributed by atoms with E-state index < -0.39 is 0 Å². The highest BCUT2D eigenvalue weighted by atomic mass is 16.1. The summed E-state index contributed by atoms with van der Waals surface area (Å²) in [5.41, 5.74) is 6.76. The molecule has 3 heteroatoms. The zero-order valence-electron chi connectivity index (χ0n) is 13.6. The van der Waals surface area contributed by atoms with E-state index in [0.717, 1.165) is 19.4 Å². The van der Waals surface area contributed by atoms with Crippen LogP contribution in [0.1, 0.15) is 71.1 Å². The van der Waals surface area contributed by atoms with E-state index in [-0.39, 0.29) is 5.92 Å². The second kappa shape index (κ2) is 6.28. The van der Waals surface area contributed by atoms with Crippen molar-refractivity contribution >= 4 is 5.91 Å². The van der Waals surface area contributed by atoms with Crippen LogP contribution in [0.2, 0.25) is 0 Å². The van der Waals surface area contributed by atoms with Gasteiger partial charge in [0.15, 0.2) is 0 Å². The van der Waals surface area contributed by atoms with E-state index in [2.05, 4.69) is 12.2 Å². The Morgan fingerprint density at radius 2 is 1.86 bits per heavy atom. The largest absolute Gasteiger partial charge is 0.355 e. The molecule has 0 aromatic rings. The Morgan fingerprint density at radius 1 is 1.19 bits per heavy atom. The quantitative estimate of drug-likeness (QED) is 0.817. The van der Waals surface area contributed by atoms with Crippen LogP contribution in [0.25, 0.3) is 0 Å². The van der Waals surface area contributed by atoms with Gasteiger partial charge >= 0.3 is 0 Å². The Labute approximate surface area is 129 Å². The van der Waals surface area contributed by atoms with Crippen LogP contribution in [0.15, 0.2) is 0 Å². The minimum absolute atomic E-state index is 0.235. The van der Waals surface area contributed by atoms with Crippen molar-refractivity contribution in [3.05, 3.63) is 0 Å². The van der Waals surface area contributed by atoms with Crippen molar-refractivity contribution in [2.24, 2.45) is 28.9 Å². The normalized spacial score (nSPS) is 37.6. The lowest BCUT2D eigenvalue weighted by Crippen LogP contribution is -2.50. The molecule has 3 saturated carbocycles. The Balaban J connectivity index is 1.52. The van der Waals surface area contributed by atoms with Gasteiger partial charge in [0.2, 0.25) is 5.91 Å². The third-order valence-electron chi connectivity index (χ3n) is 6.62. The van der Waals surface area contributed by atoms with Gasteiger partial charge in [-0.15, -0.1) is 0 Å². The molecule has 0 spiro atoms. The highest BCUT2D eigenvalue weighted by Crippen LogP contribution is 2.45. The molecular weight excluding hydrogens is 260 g/mol. The molecule has 3 rings (SSSR count). The molecule has 0 aromatic carbocycles. The molecule has 3 aliphatic rings. The molecule has 3 aliphatic carbocycles. The zero-order chi connectivity index (χ0) is 14.9. The predicted octanol–water partition coefficient (Wildman–Crippen LogP) is 3.23. The first kappa shape index (κ1) is 15.3. The van der Waals surface area contributed by atoms with Crippen LogP contribution in [-0.2, 0) is 4.79 Å². The van der Waals surface area contributed by atoms with Crippen molar-refractivity contribution in [2.75, 3.05) is 6.54 Å². The second-order valence-electron chi connectivity index (χ2n) is 8.02. The van der Waals surface area contributed by atoms with Crippen LogP contribution >= 0.6 is 0 Å². The molecule has 2 bridgehead atoms. The lowest BCUT2D eigenvalue weighted by atomic mass is 9.64. The van der Waals surface area contributed by atoms with Gasteiger partial charge in [-0.25, -0.2) is 0 Å². The molecule has 3 fully saturated rings. The van der Waals surface area contributed by atoms with E-state index in [0.29, 0.717) is 29.2 Å². The van der Waals surface area contributed by atoms with E-state index in [1.54, 1.807) is 0 Å². The molecule has 0 saturated heterocycles. The monoisotopic (exact) mass is 292 g/mol. The van der Waals surface area contributed by atoms with Gasteiger partial charge in [0, 0.05) is 18.5 Å². The fourth-order valence-corrected chi connectivity index (χ4v) is 5.14. The Kier molecular flexibility index (Phi) is 4.58. The van der Waals surface area contributed by atoms with Crippen LogP contribution in [0.3, 0.4) is 0 Å². The van der Waals surface area contributed by atoms with Crippen molar-refractivity contribution in [3.63, 3.8) is 0 Å². The average molecular weight is 292 g/mol. The number of amides is 1. The summed E-state index contributed by atoms with van der Waals surface area (Å²) in [5.74, 6) is 1.75. The molecule has 0 aromatic heterocycles. The Morgan fingerprint density at radius 3 is 2.38 bits per heavy atom. The molecule has 3 nitrogen and oxygen atoms in total. The first-order valence-corrected chi connectivity index (χ1v) is 9.17. The highest BCUT2D eigenvalue weighted by Gasteiger charge is 2.41. The van der Waals surface area contributed by atoms with Crippen molar-refractivity contribution < 1.29 is 4.79 Å². The summed E-state index contributed by atoms with van der Waals surface area (Å²) in [6, 6.07) is 0.362. The van der Waals surface area contributed by atoms with Gasteiger partial charge in [-0.1, -0.05) is 26.2 Å². The fraction of sp³-hybridized carbons (Fsp3) is 0.944. The second-order valence-corrected chi connectivity index (χ2v) is 8.02. The van der Waals surface area contributed by atoms with Crippen molar-refractivity contribution in [1.82, 2.24) is 5.32 Å². The maximum absolute atomic E-state index is 12.6. The van der Waals surface area contributed by atoms with E-state index in [1.807, 2.05) is 0 Å². The number of nitrogens with two attached hydrogens (primary N) is 1. The number of fused-ring (bicyclic) bond motifs is 2. The number of carbonyl (C=O) groups is 1. The van der Waals surface area contributed by atoms with Gasteiger partial charge in [0.05, 0.1) is 0 Å². The van der Waals surface area contributed by atoms with Crippen LogP contribution in [-0.4, -0.2) is 18.5 Å². The Hall–Kier alpha value is -0.570. The van der Waals surface area contributed by atoms with Gasteiger partial charge in [0.1, 0.15) is 0 Å². The highest BCUT2D eigenvalue weighted by molar-refractivity contribution is 5.78. The third kappa shape index (κ3) is 3.13. The van der Waals surface area contributed by atoms with Gasteiger partial charge in [-0.05, 0) is 62.2 Å². The first-order chi connectivity index (χ1) is 10.1. The predicted molar refractivity (Wildman–Crippen MR) is 85.7 cm³/mol. The van der Waals surface area contributed by atoms with E-state index in [4.69, 9.17) is 5.73 Å². The van der Waals surface area contributed by atoms with Gasteiger partial charge in [0.25, 0.3) is 0 Å². The van der Waals surface area contributed by atoms with Crippen molar-refractivity contribution in [1.29, 1.82) is 0 Å². The third-order valence-corrected chi connectivity index (χ3v) is 6.62. The van der Waals surface area contributed by atoms with E-state index in [1.165, 1.54) is 51.4 Å². The zero-order valence-corrected chi connectivity index (χ0v) is 13.6. The van der Waals surface area contributed by atoms with Crippen molar-refractivity contribution in [2.45, 2.75) is 77.2 Å². The molecule has 0 heterocycles. The number of nitrogens with one attached hydrogen (secondary N) is 1. The maximum Gasteiger partial charge on any atom is 0.223 e. The molecule has 1 amide bonds. The minimum atomic E-state index is 0.235. The van der Waals surface area contributed by atoms with Crippen molar-refractivity contribution in [3.8, 4) is 0 Å². The molecule has 0 radical (unpaired) electrons. The smallest absolute Gasteiger partial charge is 0.223 e. The minimum Gasteiger partial charge on any atom is -0.355 e.